The minimum atomic E-state index is -3.40. The summed E-state index contributed by atoms with van der Waals surface area (Å²) in [7, 11) is -3.40. The van der Waals surface area contributed by atoms with Crippen LogP contribution in [0.25, 0.3) is 0 Å². The molecule has 2 fully saturated rings. The molecule has 0 radical (unpaired) electrons. The van der Waals surface area contributed by atoms with Crippen LogP contribution in [0.1, 0.15) is 37.7 Å². The van der Waals surface area contributed by atoms with Gasteiger partial charge in [-0.05, 0) is 69.4 Å². The number of benzene rings is 1. The Labute approximate surface area is 173 Å². The smallest absolute Gasteiger partial charge is 0.223 e. The molecule has 8 heteroatoms. The molecule has 1 aromatic rings. The van der Waals surface area contributed by atoms with Crippen LogP contribution in [0.2, 0.25) is 5.02 Å². The van der Waals surface area contributed by atoms with Gasteiger partial charge in [0.2, 0.25) is 15.9 Å². The molecule has 1 amide bonds. The molecule has 0 bridgehead atoms. The molecular weight excluding hydrogens is 398 g/mol. The van der Waals surface area contributed by atoms with E-state index in [4.69, 9.17) is 11.6 Å². The van der Waals surface area contributed by atoms with Crippen LogP contribution in [0.5, 0.6) is 0 Å². The van der Waals surface area contributed by atoms with E-state index in [1.807, 2.05) is 0 Å². The summed E-state index contributed by atoms with van der Waals surface area (Å²) in [6.07, 6.45) is 4.69. The van der Waals surface area contributed by atoms with Gasteiger partial charge in [-0.15, -0.1) is 0 Å². The predicted molar refractivity (Wildman–Crippen MR) is 112 cm³/mol. The third-order valence-electron chi connectivity index (χ3n) is 5.61. The first-order chi connectivity index (χ1) is 13.4. The number of nitrogens with zero attached hydrogens (tertiary/aromatic N) is 2. The fourth-order valence-electron chi connectivity index (χ4n) is 3.99. The van der Waals surface area contributed by atoms with Gasteiger partial charge >= 0.3 is 0 Å². The molecule has 2 saturated heterocycles. The highest BCUT2D eigenvalue weighted by Gasteiger charge is 2.31. The van der Waals surface area contributed by atoms with E-state index in [0.717, 1.165) is 13.0 Å². The largest absolute Gasteiger partial charge is 0.356 e. The van der Waals surface area contributed by atoms with E-state index in [2.05, 4.69) is 10.2 Å². The summed E-state index contributed by atoms with van der Waals surface area (Å²) in [5.41, 5.74) is 0.686. The second-order valence-corrected chi connectivity index (χ2v) is 10.2. The summed E-state index contributed by atoms with van der Waals surface area (Å²) in [6.45, 7) is 4.89. The molecule has 156 valence electrons. The molecule has 2 aliphatic rings. The standard InChI is InChI=1S/C20H30ClN3O3S/c21-19-6-3-5-17(15-19)16-28(26,27)24-13-7-18(8-14-24)20(25)22-9-4-12-23-10-1-2-11-23/h3,5-6,15,18H,1-2,4,7-14,16H2,(H,22,25). The molecule has 0 aliphatic carbocycles. The van der Waals surface area contributed by atoms with Crippen molar-refractivity contribution in [3.8, 4) is 0 Å². The van der Waals surface area contributed by atoms with Gasteiger partial charge in [0.05, 0.1) is 5.75 Å². The monoisotopic (exact) mass is 427 g/mol. The second kappa shape index (κ2) is 10.1. The molecular formula is C20H30ClN3O3S. The quantitative estimate of drug-likeness (QED) is 0.647. The third-order valence-corrected chi connectivity index (χ3v) is 7.69. The Kier molecular flexibility index (Phi) is 7.74. The molecule has 0 aromatic heterocycles. The molecule has 6 nitrogen and oxygen atoms in total. The number of carbonyl (C=O) groups is 1. The zero-order valence-electron chi connectivity index (χ0n) is 16.3. The van der Waals surface area contributed by atoms with Crippen LogP contribution in [0.4, 0.5) is 0 Å². The van der Waals surface area contributed by atoms with E-state index in [9.17, 15) is 13.2 Å². The number of carbonyl (C=O) groups excluding carboxylic acids is 1. The van der Waals surface area contributed by atoms with Gasteiger partial charge in [-0.25, -0.2) is 12.7 Å². The zero-order chi connectivity index (χ0) is 20.0. The summed E-state index contributed by atoms with van der Waals surface area (Å²) in [5.74, 6) is -0.0845. The van der Waals surface area contributed by atoms with Crippen molar-refractivity contribution in [3.05, 3.63) is 34.9 Å². The fourth-order valence-corrected chi connectivity index (χ4v) is 5.75. The maximum Gasteiger partial charge on any atom is 0.223 e. The van der Waals surface area contributed by atoms with Crippen LogP contribution in [0.3, 0.4) is 0 Å². The summed E-state index contributed by atoms with van der Waals surface area (Å²) in [4.78, 5) is 14.8. The lowest BCUT2D eigenvalue weighted by atomic mass is 9.97. The highest BCUT2D eigenvalue weighted by atomic mass is 35.5. The van der Waals surface area contributed by atoms with Crippen molar-refractivity contribution in [1.82, 2.24) is 14.5 Å². The molecule has 0 atom stereocenters. The van der Waals surface area contributed by atoms with Crippen LogP contribution in [-0.2, 0) is 20.6 Å². The summed E-state index contributed by atoms with van der Waals surface area (Å²) in [5, 5.41) is 3.56. The highest BCUT2D eigenvalue weighted by Crippen LogP contribution is 2.22. The minimum Gasteiger partial charge on any atom is -0.356 e. The number of piperidine rings is 1. The lowest BCUT2D eigenvalue weighted by molar-refractivity contribution is -0.126. The van der Waals surface area contributed by atoms with E-state index in [-0.39, 0.29) is 17.6 Å². The summed E-state index contributed by atoms with van der Waals surface area (Å²) < 4.78 is 26.8. The number of likely N-dealkylation sites (tertiary alicyclic amines) is 1. The number of hydrogen-bond acceptors (Lipinski definition) is 4. The number of halogens is 1. The number of sulfonamides is 1. The van der Waals surface area contributed by atoms with Gasteiger partial charge < -0.3 is 10.2 Å². The van der Waals surface area contributed by atoms with Crippen molar-refractivity contribution in [2.45, 2.75) is 37.9 Å². The highest BCUT2D eigenvalue weighted by molar-refractivity contribution is 7.88. The van der Waals surface area contributed by atoms with Crippen molar-refractivity contribution < 1.29 is 13.2 Å². The number of nitrogens with one attached hydrogen (secondary N) is 1. The Morgan fingerprint density at radius 3 is 2.54 bits per heavy atom. The normalized spacial score (nSPS) is 19.8. The third kappa shape index (κ3) is 6.17. The molecule has 2 heterocycles. The van der Waals surface area contributed by atoms with Gasteiger partial charge in [0.15, 0.2) is 0 Å². The van der Waals surface area contributed by atoms with Gasteiger partial charge in [0.1, 0.15) is 0 Å². The molecule has 3 rings (SSSR count). The van der Waals surface area contributed by atoms with Gasteiger partial charge in [-0.2, -0.15) is 0 Å². The predicted octanol–water partition coefficient (Wildman–Crippen LogP) is 2.48. The van der Waals surface area contributed by atoms with Gasteiger partial charge in [0, 0.05) is 30.6 Å². The van der Waals surface area contributed by atoms with Gasteiger partial charge in [-0.3, -0.25) is 4.79 Å². The Morgan fingerprint density at radius 1 is 1.14 bits per heavy atom. The molecule has 28 heavy (non-hydrogen) atoms. The van der Waals surface area contributed by atoms with Gasteiger partial charge in [0.25, 0.3) is 0 Å². The fraction of sp³-hybridized carbons (Fsp3) is 0.650. The van der Waals surface area contributed by atoms with Crippen LogP contribution in [0, 0.1) is 5.92 Å². The average Bonchev–Trinajstić information content (AvgIpc) is 3.18. The maximum atomic E-state index is 12.7. The van der Waals surface area contributed by atoms with Crippen molar-refractivity contribution in [2.75, 3.05) is 39.3 Å². The first kappa shape index (κ1) is 21.6. The topological polar surface area (TPSA) is 69.7 Å². The lowest BCUT2D eigenvalue weighted by Gasteiger charge is -2.30. The van der Waals surface area contributed by atoms with E-state index < -0.39 is 10.0 Å². The van der Waals surface area contributed by atoms with E-state index >= 15 is 0 Å². The Balaban J connectivity index is 1.39. The molecule has 1 aromatic carbocycles. The number of hydrogen-bond donors (Lipinski definition) is 1. The first-order valence-electron chi connectivity index (χ1n) is 10.2. The average molecular weight is 428 g/mol. The molecule has 0 saturated carbocycles. The molecule has 0 unspecified atom stereocenters. The van der Waals surface area contributed by atoms with E-state index in [1.165, 1.54) is 30.2 Å². The number of rotatable bonds is 8. The zero-order valence-corrected chi connectivity index (χ0v) is 17.8. The van der Waals surface area contributed by atoms with E-state index in [1.54, 1.807) is 24.3 Å². The van der Waals surface area contributed by atoms with E-state index in [0.29, 0.717) is 43.1 Å². The van der Waals surface area contributed by atoms with Crippen molar-refractivity contribution >= 4 is 27.5 Å². The summed E-state index contributed by atoms with van der Waals surface area (Å²) in [6, 6.07) is 6.94. The van der Waals surface area contributed by atoms with Gasteiger partial charge in [-0.1, -0.05) is 23.7 Å². The Hall–Kier alpha value is -1.15. The second-order valence-electron chi connectivity index (χ2n) is 7.75. The SMILES string of the molecule is O=C(NCCCN1CCCC1)C1CCN(S(=O)(=O)Cc2cccc(Cl)c2)CC1. The lowest BCUT2D eigenvalue weighted by Crippen LogP contribution is -2.43. The van der Waals surface area contributed by atoms with Crippen molar-refractivity contribution in [1.29, 1.82) is 0 Å². The Morgan fingerprint density at radius 2 is 1.86 bits per heavy atom. The molecule has 1 N–H and O–H groups in total. The van der Waals surface area contributed by atoms with Crippen LogP contribution < -0.4 is 5.32 Å². The Bertz CT molecular complexity index is 758. The van der Waals surface area contributed by atoms with Crippen molar-refractivity contribution in [2.24, 2.45) is 5.92 Å². The van der Waals surface area contributed by atoms with Crippen LogP contribution in [-0.4, -0.2) is 62.8 Å². The minimum absolute atomic E-state index is 0.0546. The molecule has 0 spiro atoms. The first-order valence-corrected chi connectivity index (χ1v) is 12.1. The van der Waals surface area contributed by atoms with Crippen LogP contribution >= 0.6 is 11.6 Å². The maximum absolute atomic E-state index is 12.7. The van der Waals surface area contributed by atoms with Crippen molar-refractivity contribution in [3.63, 3.8) is 0 Å². The number of amides is 1. The molecule has 2 aliphatic heterocycles. The summed E-state index contributed by atoms with van der Waals surface area (Å²) >= 11 is 5.95. The van der Waals surface area contributed by atoms with Crippen LogP contribution in [0.15, 0.2) is 24.3 Å².